The van der Waals surface area contributed by atoms with Gasteiger partial charge >= 0.3 is 0 Å². The van der Waals surface area contributed by atoms with Crippen molar-refractivity contribution in [2.24, 2.45) is 0 Å². The molecule has 2 aromatic rings. The minimum atomic E-state index is -0.163. The third-order valence-corrected chi connectivity index (χ3v) is 4.83. The number of anilines is 2. The summed E-state index contributed by atoms with van der Waals surface area (Å²) in [5, 5.41) is 5.11. The van der Waals surface area contributed by atoms with Crippen molar-refractivity contribution in [3.8, 4) is 0 Å². The Morgan fingerprint density at radius 1 is 1.04 bits per heavy atom. The van der Waals surface area contributed by atoms with Gasteiger partial charge in [-0.3, -0.25) is 4.79 Å². The lowest BCUT2D eigenvalue weighted by Gasteiger charge is -2.28. The number of amides is 1. The molecule has 26 heavy (non-hydrogen) atoms. The van der Waals surface area contributed by atoms with Gasteiger partial charge in [0.2, 0.25) is 0 Å². The Hall–Kier alpha value is -2.37. The zero-order valence-corrected chi connectivity index (χ0v) is 15.5. The Labute approximate surface area is 155 Å². The molecular weight excluding hydrogens is 326 g/mol. The number of nitrogens with one attached hydrogen (secondary N) is 1. The van der Waals surface area contributed by atoms with E-state index in [2.05, 4.69) is 46.7 Å². The fourth-order valence-electron chi connectivity index (χ4n) is 3.22. The molecule has 0 spiro atoms. The number of hydrogen-bond acceptors (Lipinski definition) is 3. The van der Waals surface area contributed by atoms with Gasteiger partial charge in [0.25, 0.3) is 5.91 Å². The zero-order valence-electron chi connectivity index (χ0n) is 15.5. The van der Waals surface area contributed by atoms with E-state index in [4.69, 9.17) is 4.74 Å². The second-order valence-electron chi connectivity index (χ2n) is 6.82. The van der Waals surface area contributed by atoms with Crippen LogP contribution >= 0.6 is 0 Å². The van der Waals surface area contributed by atoms with Crippen LogP contribution in [0.2, 0.25) is 0 Å². The monoisotopic (exact) mass is 354 g/mol. The molecule has 1 amide bonds. The molecule has 2 aromatic carbocycles. The number of carbonyl (C=O) groups excluding carboxylic acids is 1. The van der Waals surface area contributed by atoms with Crippen LogP contribution in [0.5, 0.6) is 0 Å². The first-order chi connectivity index (χ1) is 12.6. The van der Waals surface area contributed by atoms with E-state index in [-0.39, 0.29) is 18.0 Å². The summed E-state index contributed by atoms with van der Waals surface area (Å²) in [6, 6.07) is 18.4. The van der Waals surface area contributed by atoms with E-state index < -0.39 is 0 Å². The number of nitrogens with zero attached hydrogens (tertiary/aromatic N) is 1. The van der Waals surface area contributed by atoms with Gasteiger partial charge in [-0.2, -0.15) is 0 Å². The Morgan fingerprint density at radius 2 is 1.69 bits per heavy atom. The van der Waals surface area contributed by atoms with Crippen LogP contribution in [-0.4, -0.2) is 38.3 Å². The molecule has 1 heterocycles. The summed E-state index contributed by atoms with van der Waals surface area (Å²) in [6.07, 6.45) is 0. The van der Waals surface area contributed by atoms with Gasteiger partial charge in [0.15, 0.2) is 6.04 Å². The van der Waals surface area contributed by atoms with Crippen LogP contribution in [0.3, 0.4) is 0 Å². The van der Waals surface area contributed by atoms with Gasteiger partial charge in [0, 0.05) is 30.0 Å². The number of morpholine rings is 1. The minimum Gasteiger partial charge on any atom is -0.378 e. The second-order valence-corrected chi connectivity index (χ2v) is 6.82. The lowest BCUT2D eigenvalue weighted by atomic mass is 10.1. The van der Waals surface area contributed by atoms with Crippen LogP contribution in [0, 0.1) is 0 Å². The highest BCUT2D eigenvalue weighted by Gasteiger charge is 2.20. The third kappa shape index (κ3) is 4.84. The molecule has 138 valence electrons. The Kier molecular flexibility index (Phi) is 6.26. The molecule has 1 fully saturated rings. The molecule has 0 aliphatic carbocycles. The van der Waals surface area contributed by atoms with Crippen LogP contribution < -0.4 is 15.5 Å². The molecule has 1 saturated heterocycles. The SMILES string of the molecule is C[C@H]([NH2+][C@H](C)C(=O)Nc1ccc(N2CCOCC2)cc1)c1ccccc1. The number of rotatable bonds is 6. The van der Waals surface area contributed by atoms with Gasteiger partial charge < -0.3 is 20.3 Å². The minimum absolute atomic E-state index is 0.0203. The maximum Gasteiger partial charge on any atom is 0.282 e. The van der Waals surface area contributed by atoms with E-state index in [1.54, 1.807) is 0 Å². The van der Waals surface area contributed by atoms with Crippen LogP contribution in [0.15, 0.2) is 54.6 Å². The molecule has 2 atom stereocenters. The van der Waals surface area contributed by atoms with Crippen molar-refractivity contribution in [2.75, 3.05) is 36.5 Å². The molecule has 0 unspecified atom stereocenters. The first-order valence-corrected chi connectivity index (χ1v) is 9.27. The molecule has 0 radical (unpaired) electrons. The first kappa shape index (κ1) is 18.4. The standard InChI is InChI=1S/C21H27N3O2/c1-16(18-6-4-3-5-7-18)22-17(2)21(25)23-19-8-10-20(11-9-19)24-12-14-26-15-13-24/h3-11,16-17,22H,12-15H2,1-2H3,(H,23,25)/p+1/t16-,17+/m0/s1. The maximum absolute atomic E-state index is 12.5. The van der Waals surface area contributed by atoms with Crippen molar-refractivity contribution in [2.45, 2.75) is 25.9 Å². The lowest BCUT2D eigenvalue weighted by molar-refractivity contribution is -0.709. The van der Waals surface area contributed by atoms with E-state index in [1.165, 1.54) is 11.3 Å². The average Bonchev–Trinajstić information content (AvgIpc) is 2.70. The van der Waals surface area contributed by atoms with Crippen molar-refractivity contribution in [3.05, 3.63) is 60.2 Å². The summed E-state index contributed by atoms with van der Waals surface area (Å²) < 4.78 is 5.39. The van der Waals surface area contributed by atoms with Gasteiger partial charge in [0.1, 0.15) is 6.04 Å². The predicted molar refractivity (Wildman–Crippen MR) is 104 cm³/mol. The molecule has 5 heteroatoms. The number of ether oxygens (including phenoxy) is 1. The van der Waals surface area contributed by atoms with Crippen molar-refractivity contribution in [3.63, 3.8) is 0 Å². The quantitative estimate of drug-likeness (QED) is 0.836. The average molecular weight is 354 g/mol. The predicted octanol–water partition coefficient (Wildman–Crippen LogP) is 2.17. The van der Waals surface area contributed by atoms with E-state index in [1.807, 2.05) is 37.3 Å². The van der Waals surface area contributed by atoms with Gasteiger partial charge in [0.05, 0.1) is 13.2 Å². The van der Waals surface area contributed by atoms with Gasteiger partial charge in [-0.15, -0.1) is 0 Å². The zero-order chi connectivity index (χ0) is 18.4. The number of quaternary nitrogens is 1. The van der Waals surface area contributed by atoms with Crippen LogP contribution in [-0.2, 0) is 9.53 Å². The number of benzene rings is 2. The van der Waals surface area contributed by atoms with Crippen LogP contribution in [0.25, 0.3) is 0 Å². The van der Waals surface area contributed by atoms with Gasteiger partial charge in [-0.25, -0.2) is 0 Å². The van der Waals surface area contributed by atoms with Gasteiger partial charge in [-0.1, -0.05) is 30.3 Å². The Bertz CT molecular complexity index is 697. The number of hydrogen-bond donors (Lipinski definition) is 2. The van der Waals surface area contributed by atoms with E-state index in [0.717, 1.165) is 32.0 Å². The molecule has 3 rings (SSSR count). The number of carbonyl (C=O) groups is 1. The topological polar surface area (TPSA) is 58.2 Å². The smallest absolute Gasteiger partial charge is 0.282 e. The summed E-state index contributed by atoms with van der Waals surface area (Å²) in [6.45, 7) is 7.42. The van der Waals surface area contributed by atoms with Crippen LogP contribution in [0.1, 0.15) is 25.5 Å². The highest BCUT2D eigenvalue weighted by atomic mass is 16.5. The van der Waals surface area contributed by atoms with E-state index in [9.17, 15) is 4.79 Å². The summed E-state index contributed by atoms with van der Waals surface area (Å²) in [7, 11) is 0. The maximum atomic E-state index is 12.5. The van der Waals surface area contributed by atoms with E-state index in [0.29, 0.717) is 0 Å². The van der Waals surface area contributed by atoms with E-state index >= 15 is 0 Å². The fraction of sp³-hybridized carbons (Fsp3) is 0.381. The van der Waals surface area contributed by atoms with Crippen molar-refractivity contribution in [1.29, 1.82) is 0 Å². The van der Waals surface area contributed by atoms with Crippen LogP contribution in [0.4, 0.5) is 11.4 Å². The van der Waals surface area contributed by atoms with Crippen molar-refractivity contribution < 1.29 is 14.8 Å². The molecular formula is C21H28N3O2+. The lowest BCUT2D eigenvalue weighted by Crippen LogP contribution is -2.91. The third-order valence-electron chi connectivity index (χ3n) is 4.83. The van der Waals surface area contributed by atoms with Crippen molar-refractivity contribution >= 4 is 17.3 Å². The molecule has 1 aliphatic rings. The second kappa shape index (κ2) is 8.83. The molecule has 0 aromatic heterocycles. The highest BCUT2D eigenvalue weighted by molar-refractivity contribution is 5.93. The largest absolute Gasteiger partial charge is 0.378 e. The first-order valence-electron chi connectivity index (χ1n) is 9.27. The summed E-state index contributed by atoms with van der Waals surface area (Å²) in [5.41, 5.74) is 3.23. The van der Waals surface area contributed by atoms with Crippen molar-refractivity contribution in [1.82, 2.24) is 0 Å². The summed E-state index contributed by atoms with van der Waals surface area (Å²) in [4.78, 5) is 14.8. The normalized spacial score (nSPS) is 16.8. The van der Waals surface area contributed by atoms with Gasteiger partial charge in [-0.05, 0) is 38.1 Å². The number of nitrogens with two attached hydrogens (primary N) is 1. The molecule has 3 N–H and O–H groups in total. The summed E-state index contributed by atoms with van der Waals surface area (Å²) >= 11 is 0. The molecule has 0 bridgehead atoms. The summed E-state index contributed by atoms with van der Waals surface area (Å²) in [5.74, 6) is 0.0203. The molecule has 0 saturated carbocycles. The Morgan fingerprint density at radius 3 is 2.35 bits per heavy atom. The fourth-order valence-corrected chi connectivity index (χ4v) is 3.22. The Balaban J connectivity index is 1.53. The highest BCUT2D eigenvalue weighted by Crippen LogP contribution is 2.19. The molecule has 1 aliphatic heterocycles. The molecule has 5 nitrogen and oxygen atoms in total.